The van der Waals surface area contributed by atoms with Gasteiger partial charge in [0.05, 0.1) is 21.6 Å². The molecule has 0 aromatic heterocycles. The van der Waals surface area contributed by atoms with Crippen molar-refractivity contribution >= 4 is 29.0 Å². The zero-order chi connectivity index (χ0) is 23.5. The molecule has 10 nitrogen and oxygen atoms in total. The van der Waals surface area contributed by atoms with E-state index >= 15 is 0 Å². The lowest BCUT2D eigenvalue weighted by atomic mass is 9.84. The molecule has 1 N–H and O–H groups in total. The normalized spacial score (nSPS) is 18.4. The van der Waals surface area contributed by atoms with E-state index in [4.69, 9.17) is 0 Å². The van der Waals surface area contributed by atoms with Crippen LogP contribution in [0.2, 0.25) is 0 Å². The third kappa shape index (κ3) is 4.40. The number of carbonyl (C=O) groups excluding carboxylic acids is 2. The van der Waals surface area contributed by atoms with Crippen LogP contribution in [-0.2, 0) is 4.79 Å². The molecular weight excluding hydrogens is 428 g/mol. The first-order chi connectivity index (χ1) is 15.8. The summed E-state index contributed by atoms with van der Waals surface area (Å²) in [5.74, 6) is -0.996. The molecule has 2 atom stereocenters. The second-order valence-electron chi connectivity index (χ2n) is 7.50. The summed E-state index contributed by atoms with van der Waals surface area (Å²) in [7, 11) is 0. The number of non-ortho nitro benzene ring substituents is 2. The zero-order valence-corrected chi connectivity index (χ0v) is 17.2. The molecule has 1 aliphatic rings. The second kappa shape index (κ2) is 8.87. The molecule has 10 heteroatoms. The summed E-state index contributed by atoms with van der Waals surface area (Å²) in [6.07, 6.45) is -0.0624. The molecule has 33 heavy (non-hydrogen) atoms. The number of urea groups is 1. The molecule has 1 heterocycles. The zero-order valence-electron chi connectivity index (χ0n) is 17.2. The molecule has 0 unspecified atom stereocenters. The van der Waals surface area contributed by atoms with Gasteiger partial charge in [-0.05, 0) is 23.3 Å². The summed E-state index contributed by atoms with van der Waals surface area (Å²) in [5, 5.41) is 25.0. The molecule has 1 saturated heterocycles. The van der Waals surface area contributed by atoms with Crippen molar-refractivity contribution in [2.45, 2.75) is 18.4 Å². The maximum atomic E-state index is 13.2. The Morgan fingerprint density at radius 3 is 1.79 bits per heavy atom. The summed E-state index contributed by atoms with van der Waals surface area (Å²) < 4.78 is 0. The summed E-state index contributed by atoms with van der Waals surface area (Å²) in [5.41, 5.74) is 1.40. The van der Waals surface area contributed by atoms with Gasteiger partial charge >= 0.3 is 6.03 Å². The molecule has 0 bridgehead atoms. The molecule has 3 aromatic carbocycles. The van der Waals surface area contributed by atoms with Gasteiger partial charge < -0.3 is 5.32 Å². The van der Waals surface area contributed by atoms with Crippen molar-refractivity contribution in [1.29, 1.82) is 0 Å². The SMILES string of the molecule is O=C1C[C@H](c2ccc([N+](=O)[O-])cc2)[C@@H](c2ccc([N+](=O)[O-])cc2)NC(=O)N1c1ccccc1. The maximum absolute atomic E-state index is 13.2. The van der Waals surface area contributed by atoms with Crippen LogP contribution >= 0.6 is 0 Å². The van der Waals surface area contributed by atoms with Gasteiger partial charge in [0.1, 0.15) is 0 Å². The Kier molecular flexibility index (Phi) is 5.81. The van der Waals surface area contributed by atoms with E-state index in [0.29, 0.717) is 16.8 Å². The van der Waals surface area contributed by atoms with Crippen molar-refractivity contribution in [3.63, 3.8) is 0 Å². The number of hydrogen-bond donors (Lipinski definition) is 1. The molecule has 0 spiro atoms. The number of rotatable bonds is 5. The van der Waals surface area contributed by atoms with E-state index in [1.54, 1.807) is 42.5 Å². The number of benzene rings is 3. The molecule has 1 fully saturated rings. The van der Waals surface area contributed by atoms with Crippen LogP contribution in [0.1, 0.15) is 29.5 Å². The van der Waals surface area contributed by atoms with Crippen LogP contribution < -0.4 is 10.2 Å². The van der Waals surface area contributed by atoms with E-state index in [2.05, 4.69) is 5.32 Å². The summed E-state index contributed by atoms with van der Waals surface area (Å²) >= 11 is 0. The van der Waals surface area contributed by atoms with Crippen molar-refractivity contribution in [1.82, 2.24) is 5.32 Å². The molecule has 4 rings (SSSR count). The molecule has 3 aromatic rings. The Hall–Kier alpha value is -4.60. The highest BCUT2D eigenvalue weighted by atomic mass is 16.6. The van der Waals surface area contributed by atoms with Gasteiger partial charge in [0, 0.05) is 36.6 Å². The smallest absolute Gasteiger partial charge is 0.329 e. The van der Waals surface area contributed by atoms with E-state index in [-0.39, 0.29) is 17.8 Å². The number of amides is 3. The topological polar surface area (TPSA) is 136 Å². The molecule has 0 aliphatic carbocycles. The van der Waals surface area contributed by atoms with Gasteiger partial charge in [-0.1, -0.05) is 42.5 Å². The first kappa shape index (κ1) is 21.6. The van der Waals surface area contributed by atoms with E-state index < -0.39 is 33.7 Å². The lowest BCUT2D eigenvalue weighted by Crippen LogP contribution is -2.42. The van der Waals surface area contributed by atoms with Crippen LogP contribution in [0.25, 0.3) is 0 Å². The Labute approximate surface area is 187 Å². The van der Waals surface area contributed by atoms with E-state index in [1.165, 1.54) is 36.4 Å². The van der Waals surface area contributed by atoms with Crippen LogP contribution in [0.3, 0.4) is 0 Å². The number of anilines is 1. The van der Waals surface area contributed by atoms with Crippen molar-refractivity contribution < 1.29 is 19.4 Å². The average Bonchev–Trinajstić information content (AvgIpc) is 2.95. The lowest BCUT2D eigenvalue weighted by Gasteiger charge is -2.25. The average molecular weight is 446 g/mol. The number of nitro groups is 2. The minimum Gasteiger partial charge on any atom is -0.330 e. The Morgan fingerprint density at radius 2 is 1.27 bits per heavy atom. The standard InChI is InChI=1S/C23H18N4O6/c28-21-14-20(15-6-10-18(11-7-15)26(30)31)22(16-8-12-19(13-9-16)27(32)33)24-23(29)25(21)17-4-2-1-3-5-17/h1-13,20,22H,14H2,(H,24,29)/t20-,22-/m1/s1. The predicted molar refractivity (Wildman–Crippen MR) is 119 cm³/mol. The number of nitrogens with one attached hydrogen (secondary N) is 1. The van der Waals surface area contributed by atoms with Crippen LogP contribution in [0.15, 0.2) is 78.9 Å². The summed E-state index contributed by atoms with van der Waals surface area (Å²) in [4.78, 5) is 48.4. The maximum Gasteiger partial charge on any atom is 0.329 e. The third-order valence-electron chi connectivity index (χ3n) is 5.54. The fourth-order valence-corrected chi connectivity index (χ4v) is 3.92. The quantitative estimate of drug-likeness (QED) is 0.453. The molecule has 0 radical (unpaired) electrons. The van der Waals surface area contributed by atoms with E-state index in [0.717, 1.165) is 4.90 Å². The number of hydrogen-bond acceptors (Lipinski definition) is 6. The minimum absolute atomic E-state index is 0.0624. The van der Waals surface area contributed by atoms with Crippen molar-refractivity contribution in [3.8, 4) is 0 Å². The molecule has 3 amide bonds. The number of nitrogens with zero attached hydrogens (tertiary/aromatic N) is 3. The Bertz CT molecular complexity index is 1130. The predicted octanol–water partition coefficient (Wildman–Crippen LogP) is 4.47. The van der Waals surface area contributed by atoms with Crippen LogP contribution in [-0.4, -0.2) is 21.8 Å². The number of imide groups is 1. The highest BCUT2D eigenvalue weighted by Gasteiger charge is 2.38. The first-order valence-corrected chi connectivity index (χ1v) is 10.0. The van der Waals surface area contributed by atoms with Crippen molar-refractivity contribution in [2.24, 2.45) is 0 Å². The van der Waals surface area contributed by atoms with Gasteiger partial charge in [-0.3, -0.25) is 25.0 Å². The number of nitro benzene ring substituents is 2. The first-order valence-electron chi connectivity index (χ1n) is 10.0. The fourth-order valence-electron chi connectivity index (χ4n) is 3.92. The van der Waals surface area contributed by atoms with Gasteiger partial charge in [0.2, 0.25) is 5.91 Å². The van der Waals surface area contributed by atoms with Gasteiger partial charge in [0.15, 0.2) is 0 Å². The van der Waals surface area contributed by atoms with Gasteiger partial charge in [0.25, 0.3) is 11.4 Å². The van der Waals surface area contributed by atoms with E-state index in [1.807, 2.05) is 0 Å². The van der Waals surface area contributed by atoms with Crippen LogP contribution in [0, 0.1) is 20.2 Å². The van der Waals surface area contributed by atoms with Crippen molar-refractivity contribution in [2.75, 3.05) is 4.90 Å². The molecule has 1 aliphatic heterocycles. The summed E-state index contributed by atoms with van der Waals surface area (Å²) in [6, 6.07) is 18.7. The molecule has 166 valence electrons. The minimum atomic E-state index is -0.697. The summed E-state index contributed by atoms with van der Waals surface area (Å²) in [6.45, 7) is 0. The van der Waals surface area contributed by atoms with Crippen LogP contribution in [0.5, 0.6) is 0 Å². The molecule has 0 saturated carbocycles. The van der Waals surface area contributed by atoms with Gasteiger partial charge in [-0.2, -0.15) is 0 Å². The number of para-hydroxylation sites is 1. The Morgan fingerprint density at radius 1 is 0.758 bits per heavy atom. The fraction of sp³-hybridized carbons (Fsp3) is 0.130. The van der Waals surface area contributed by atoms with Crippen molar-refractivity contribution in [3.05, 3.63) is 110 Å². The van der Waals surface area contributed by atoms with Gasteiger partial charge in [-0.15, -0.1) is 0 Å². The third-order valence-corrected chi connectivity index (χ3v) is 5.54. The monoisotopic (exact) mass is 446 g/mol. The largest absolute Gasteiger partial charge is 0.330 e. The second-order valence-corrected chi connectivity index (χ2v) is 7.50. The van der Waals surface area contributed by atoms with Gasteiger partial charge in [-0.25, -0.2) is 9.69 Å². The Balaban J connectivity index is 1.77. The highest BCUT2D eigenvalue weighted by molar-refractivity contribution is 6.15. The highest BCUT2D eigenvalue weighted by Crippen LogP contribution is 2.38. The lowest BCUT2D eigenvalue weighted by molar-refractivity contribution is -0.385. The van der Waals surface area contributed by atoms with E-state index in [9.17, 15) is 29.8 Å². The number of carbonyl (C=O) groups is 2. The molecular formula is C23H18N4O6. The van der Waals surface area contributed by atoms with Crippen LogP contribution in [0.4, 0.5) is 21.9 Å².